The smallest absolute Gasteiger partial charge is 0.115 e. The maximum absolute atomic E-state index is 4.01. The Morgan fingerprint density at radius 2 is 1.87 bits per heavy atom. The quantitative estimate of drug-likeness (QED) is 0.821. The maximum Gasteiger partial charge on any atom is 0.115 e. The van der Waals surface area contributed by atoms with Crippen molar-refractivity contribution in [1.82, 2.24) is 15.3 Å². The van der Waals surface area contributed by atoms with Crippen molar-refractivity contribution in [2.45, 2.75) is 45.2 Å². The summed E-state index contributed by atoms with van der Waals surface area (Å²) < 4.78 is 0. The second-order valence-corrected chi connectivity index (χ2v) is 4.58. The number of rotatable bonds is 3. The predicted molar refractivity (Wildman–Crippen MR) is 60.3 cm³/mol. The molecule has 0 atom stereocenters. The van der Waals surface area contributed by atoms with Crippen LogP contribution in [0.5, 0.6) is 0 Å². The first-order valence-electron chi connectivity index (χ1n) is 5.82. The van der Waals surface area contributed by atoms with Gasteiger partial charge in [0.2, 0.25) is 0 Å². The normalized spacial score (nSPS) is 26.5. The summed E-state index contributed by atoms with van der Waals surface area (Å²) in [6.45, 7) is 3.25. The van der Waals surface area contributed by atoms with E-state index in [9.17, 15) is 0 Å². The molecular weight excluding hydrogens is 186 g/mol. The van der Waals surface area contributed by atoms with Crippen LogP contribution in [0.1, 0.15) is 38.2 Å². The Morgan fingerprint density at radius 1 is 1.20 bits per heavy atom. The topological polar surface area (TPSA) is 37.8 Å². The molecule has 1 aliphatic rings. The van der Waals surface area contributed by atoms with Gasteiger partial charge in [-0.15, -0.1) is 0 Å². The largest absolute Gasteiger partial charge is 0.310 e. The van der Waals surface area contributed by atoms with E-state index in [0.29, 0.717) is 6.04 Å². The van der Waals surface area contributed by atoms with E-state index in [-0.39, 0.29) is 0 Å². The third-order valence-electron chi connectivity index (χ3n) is 3.22. The van der Waals surface area contributed by atoms with Gasteiger partial charge in [-0.2, -0.15) is 0 Å². The first kappa shape index (κ1) is 10.6. The molecule has 15 heavy (non-hydrogen) atoms. The summed E-state index contributed by atoms with van der Waals surface area (Å²) in [4.78, 5) is 8.02. The zero-order valence-electron chi connectivity index (χ0n) is 9.32. The van der Waals surface area contributed by atoms with Gasteiger partial charge in [0.15, 0.2) is 0 Å². The SMILES string of the molecule is CC1CCC(NCc2cncnc2)CC1. The third kappa shape index (κ3) is 3.27. The van der Waals surface area contributed by atoms with Gasteiger partial charge in [-0.1, -0.05) is 6.92 Å². The van der Waals surface area contributed by atoms with Crippen LogP contribution in [-0.4, -0.2) is 16.0 Å². The summed E-state index contributed by atoms with van der Waals surface area (Å²) in [6, 6.07) is 0.696. The minimum atomic E-state index is 0.696. The van der Waals surface area contributed by atoms with Crippen molar-refractivity contribution in [2.75, 3.05) is 0 Å². The summed E-state index contributed by atoms with van der Waals surface area (Å²) in [6.07, 6.45) is 10.7. The van der Waals surface area contributed by atoms with Gasteiger partial charge in [-0.25, -0.2) is 9.97 Å². The first-order valence-corrected chi connectivity index (χ1v) is 5.82. The lowest BCUT2D eigenvalue weighted by molar-refractivity contribution is 0.306. The fourth-order valence-electron chi connectivity index (χ4n) is 2.15. The van der Waals surface area contributed by atoms with Crippen molar-refractivity contribution in [3.8, 4) is 0 Å². The number of nitrogens with zero attached hydrogens (tertiary/aromatic N) is 2. The highest BCUT2D eigenvalue weighted by molar-refractivity contribution is 5.01. The van der Waals surface area contributed by atoms with Crippen molar-refractivity contribution in [3.63, 3.8) is 0 Å². The number of aromatic nitrogens is 2. The fourth-order valence-corrected chi connectivity index (χ4v) is 2.15. The van der Waals surface area contributed by atoms with E-state index in [0.717, 1.165) is 12.5 Å². The summed E-state index contributed by atoms with van der Waals surface area (Å²) >= 11 is 0. The molecule has 0 aromatic carbocycles. The van der Waals surface area contributed by atoms with E-state index in [1.807, 2.05) is 12.4 Å². The van der Waals surface area contributed by atoms with Gasteiger partial charge in [0.25, 0.3) is 0 Å². The van der Waals surface area contributed by atoms with E-state index in [4.69, 9.17) is 0 Å². The Morgan fingerprint density at radius 3 is 2.53 bits per heavy atom. The molecule has 1 fully saturated rings. The standard InChI is InChI=1S/C12H19N3/c1-10-2-4-12(5-3-10)15-8-11-6-13-9-14-7-11/h6-7,9-10,12,15H,2-5,8H2,1H3. The molecule has 82 valence electrons. The Labute approximate surface area is 91.3 Å². The average Bonchev–Trinajstić information content (AvgIpc) is 2.30. The van der Waals surface area contributed by atoms with Crippen LogP contribution in [0, 0.1) is 5.92 Å². The highest BCUT2D eigenvalue weighted by atomic mass is 14.9. The monoisotopic (exact) mass is 205 g/mol. The number of hydrogen-bond donors (Lipinski definition) is 1. The molecule has 3 nitrogen and oxygen atoms in total. The lowest BCUT2D eigenvalue weighted by Gasteiger charge is -2.26. The van der Waals surface area contributed by atoms with Crippen LogP contribution in [0.2, 0.25) is 0 Å². The van der Waals surface area contributed by atoms with Crippen LogP contribution in [0.15, 0.2) is 18.7 Å². The summed E-state index contributed by atoms with van der Waals surface area (Å²) in [5.74, 6) is 0.920. The van der Waals surface area contributed by atoms with E-state index in [1.54, 1.807) is 6.33 Å². The van der Waals surface area contributed by atoms with Crippen molar-refractivity contribution in [1.29, 1.82) is 0 Å². The molecule has 2 rings (SSSR count). The predicted octanol–water partition coefficient (Wildman–Crippen LogP) is 2.14. The first-order chi connectivity index (χ1) is 7.34. The van der Waals surface area contributed by atoms with E-state index in [1.165, 1.54) is 31.2 Å². The molecule has 1 heterocycles. The molecular formula is C12H19N3. The Bertz CT molecular complexity index is 278. The van der Waals surface area contributed by atoms with Crippen LogP contribution >= 0.6 is 0 Å². The molecule has 0 spiro atoms. The zero-order valence-corrected chi connectivity index (χ0v) is 9.32. The molecule has 0 unspecified atom stereocenters. The average molecular weight is 205 g/mol. The minimum absolute atomic E-state index is 0.696. The molecule has 1 saturated carbocycles. The maximum atomic E-state index is 4.01. The highest BCUT2D eigenvalue weighted by Gasteiger charge is 2.17. The van der Waals surface area contributed by atoms with Crippen LogP contribution < -0.4 is 5.32 Å². The van der Waals surface area contributed by atoms with Crippen LogP contribution in [0.25, 0.3) is 0 Å². The van der Waals surface area contributed by atoms with Gasteiger partial charge >= 0.3 is 0 Å². The van der Waals surface area contributed by atoms with Crippen LogP contribution in [0.3, 0.4) is 0 Å². The van der Waals surface area contributed by atoms with Gasteiger partial charge in [0, 0.05) is 30.5 Å². The molecule has 0 amide bonds. The Hall–Kier alpha value is -0.960. The van der Waals surface area contributed by atoms with E-state index in [2.05, 4.69) is 22.2 Å². The molecule has 0 saturated heterocycles. The molecule has 1 N–H and O–H groups in total. The molecule has 1 aliphatic carbocycles. The van der Waals surface area contributed by atoms with Crippen molar-refractivity contribution < 1.29 is 0 Å². The second kappa shape index (κ2) is 5.21. The minimum Gasteiger partial charge on any atom is -0.310 e. The molecule has 1 aromatic rings. The summed E-state index contributed by atoms with van der Waals surface area (Å²) in [5.41, 5.74) is 1.18. The van der Waals surface area contributed by atoms with Crippen molar-refractivity contribution >= 4 is 0 Å². The lowest BCUT2D eigenvalue weighted by Crippen LogP contribution is -2.32. The van der Waals surface area contributed by atoms with E-state index >= 15 is 0 Å². The molecule has 0 aliphatic heterocycles. The summed E-state index contributed by atoms with van der Waals surface area (Å²) in [7, 11) is 0. The summed E-state index contributed by atoms with van der Waals surface area (Å²) in [5, 5.41) is 3.58. The van der Waals surface area contributed by atoms with Gasteiger partial charge in [-0.3, -0.25) is 0 Å². The molecule has 0 bridgehead atoms. The molecule has 3 heteroatoms. The van der Waals surface area contributed by atoms with Gasteiger partial charge < -0.3 is 5.32 Å². The third-order valence-corrected chi connectivity index (χ3v) is 3.22. The highest BCUT2D eigenvalue weighted by Crippen LogP contribution is 2.23. The van der Waals surface area contributed by atoms with Crippen molar-refractivity contribution in [2.24, 2.45) is 5.92 Å². The lowest BCUT2D eigenvalue weighted by atomic mass is 9.87. The Balaban J connectivity index is 1.74. The second-order valence-electron chi connectivity index (χ2n) is 4.58. The molecule has 0 radical (unpaired) electrons. The van der Waals surface area contributed by atoms with Crippen molar-refractivity contribution in [3.05, 3.63) is 24.3 Å². The van der Waals surface area contributed by atoms with Crippen LogP contribution in [0.4, 0.5) is 0 Å². The fraction of sp³-hybridized carbons (Fsp3) is 0.667. The molecule has 1 aromatic heterocycles. The Kier molecular flexibility index (Phi) is 3.67. The number of nitrogens with one attached hydrogen (secondary N) is 1. The van der Waals surface area contributed by atoms with Gasteiger partial charge in [0.1, 0.15) is 6.33 Å². The van der Waals surface area contributed by atoms with Crippen LogP contribution in [-0.2, 0) is 6.54 Å². The van der Waals surface area contributed by atoms with E-state index < -0.39 is 0 Å². The van der Waals surface area contributed by atoms with Gasteiger partial charge in [0.05, 0.1) is 0 Å². The van der Waals surface area contributed by atoms with Gasteiger partial charge in [-0.05, 0) is 31.6 Å². The zero-order chi connectivity index (χ0) is 10.5. The number of hydrogen-bond acceptors (Lipinski definition) is 3.